The molecule has 0 bridgehead atoms. The summed E-state index contributed by atoms with van der Waals surface area (Å²) in [6, 6.07) is 11.8. The van der Waals surface area contributed by atoms with Crippen LogP contribution in [0, 0.1) is 0 Å². The van der Waals surface area contributed by atoms with Crippen molar-refractivity contribution in [1.82, 2.24) is 15.0 Å². The van der Waals surface area contributed by atoms with E-state index in [0.717, 1.165) is 25.3 Å². The van der Waals surface area contributed by atoms with Gasteiger partial charge in [0.2, 0.25) is 0 Å². The van der Waals surface area contributed by atoms with E-state index in [-0.39, 0.29) is 0 Å². The van der Waals surface area contributed by atoms with Gasteiger partial charge in [0.1, 0.15) is 6.61 Å². The Bertz CT molecular complexity index is 658. The number of fused-ring (bicyclic) bond motifs is 1. The fourth-order valence-electron chi connectivity index (χ4n) is 4.23. The molecule has 3 atom stereocenters. The quantitative estimate of drug-likeness (QED) is 0.757. The monoisotopic (exact) mass is 327 g/mol. The van der Waals surface area contributed by atoms with Crippen LogP contribution in [0.1, 0.15) is 61.8 Å². The number of nitrogens with zero attached hydrogens (tertiary/aromatic N) is 3. The molecule has 1 aromatic carbocycles. The molecule has 3 heterocycles. The minimum atomic E-state index is 0.362. The van der Waals surface area contributed by atoms with Crippen LogP contribution < -0.4 is 0 Å². The zero-order valence-electron chi connectivity index (χ0n) is 14.2. The minimum Gasteiger partial charge on any atom is -0.372 e. The van der Waals surface area contributed by atoms with E-state index in [4.69, 9.17) is 9.26 Å². The molecule has 0 aliphatic carbocycles. The van der Waals surface area contributed by atoms with E-state index in [1.54, 1.807) is 0 Å². The summed E-state index contributed by atoms with van der Waals surface area (Å²) in [6.07, 6.45) is 4.56. The van der Waals surface area contributed by atoms with Gasteiger partial charge in [-0.25, -0.2) is 0 Å². The van der Waals surface area contributed by atoms with Gasteiger partial charge in [0, 0.05) is 24.6 Å². The highest BCUT2D eigenvalue weighted by Crippen LogP contribution is 2.48. The van der Waals surface area contributed by atoms with Crippen molar-refractivity contribution in [2.45, 2.75) is 57.2 Å². The third kappa shape index (κ3) is 2.98. The summed E-state index contributed by atoms with van der Waals surface area (Å²) in [6.45, 7) is 4.42. The van der Waals surface area contributed by atoms with Gasteiger partial charge in [-0.2, -0.15) is 4.98 Å². The summed E-state index contributed by atoms with van der Waals surface area (Å²) in [5, 5.41) is 4.27. The zero-order chi connectivity index (χ0) is 16.4. The second kappa shape index (κ2) is 7.03. The molecule has 0 unspecified atom stereocenters. The zero-order valence-corrected chi connectivity index (χ0v) is 14.2. The first kappa shape index (κ1) is 15.8. The van der Waals surface area contributed by atoms with Gasteiger partial charge in [-0.3, -0.25) is 4.90 Å². The van der Waals surface area contributed by atoms with Crippen molar-refractivity contribution in [3.8, 4) is 0 Å². The summed E-state index contributed by atoms with van der Waals surface area (Å²) < 4.78 is 10.9. The van der Waals surface area contributed by atoms with Crippen LogP contribution in [0.2, 0.25) is 0 Å². The molecule has 0 spiro atoms. The Labute approximate surface area is 143 Å². The predicted octanol–water partition coefficient (Wildman–Crippen LogP) is 3.69. The van der Waals surface area contributed by atoms with Crippen molar-refractivity contribution in [3.63, 3.8) is 0 Å². The van der Waals surface area contributed by atoms with Crippen molar-refractivity contribution < 1.29 is 9.26 Å². The van der Waals surface area contributed by atoms with E-state index < -0.39 is 0 Å². The Morgan fingerprint density at radius 2 is 2.17 bits per heavy atom. The Kier molecular flexibility index (Phi) is 4.63. The largest absolute Gasteiger partial charge is 0.372 e. The highest BCUT2D eigenvalue weighted by atomic mass is 16.5. The first-order valence-electron chi connectivity index (χ1n) is 9.07. The third-order valence-electron chi connectivity index (χ3n) is 5.26. The Balaban J connectivity index is 1.51. The molecule has 24 heavy (non-hydrogen) atoms. The Hall–Kier alpha value is -1.72. The molecule has 5 heteroatoms. The lowest BCUT2D eigenvalue weighted by atomic mass is 9.94. The molecule has 0 radical (unpaired) electrons. The van der Waals surface area contributed by atoms with Crippen molar-refractivity contribution in [2.75, 3.05) is 13.2 Å². The normalized spacial score (nSPS) is 26.8. The number of benzene rings is 1. The lowest BCUT2D eigenvalue weighted by molar-refractivity contribution is 0.0981. The highest BCUT2D eigenvalue weighted by molar-refractivity contribution is 5.24. The predicted molar refractivity (Wildman–Crippen MR) is 90.5 cm³/mol. The maximum Gasteiger partial charge on any atom is 0.252 e. The molecule has 5 nitrogen and oxygen atoms in total. The summed E-state index contributed by atoms with van der Waals surface area (Å²) in [4.78, 5) is 7.27. The van der Waals surface area contributed by atoms with Gasteiger partial charge in [-0.15, -0.1) is 0 Å². The van der Waals surface area contributed by atoms with E-state index in [9.17, 15) is 0 Å². The molecule has 1 aromatic heterocycles. The van der Waals surface area contributed by atoms with Gasteiger partial charge in [-0.1, -0.05) is 42.4 Å². The maximum absolute atomic E-state index is 5.52. The molecule has 2 aliphatic heterocycles. The van der Waals surface area contributed by atoms with Gasteiger partial charge < -0.3 is 9.26 Å². The molecule has 0 saturated carbocycles. The fourth-order valence-corrected chi connectivity index (χ4v) is 4.23. The number of aromatic nitrogens is 2. The lowest BCUT2D eigenvalue weighted by Gasteiger charge is -2.24. The average molecular weight is 327 g/mol. The van der Waals surface area contributed by atoms with Gasteiger partial charge in [0.25, 0.3) is 5.89 Å². The van der Waals surface area contributed by atoms with Crippen molar-refractivity contribution in [3.05, 3.63) is 47.6 Å². The average Bonchev–Trinajstić information content (AvgIpc) is 3.32. The summed E-state index contributed by atoms with van der Waals surface area (Å²) in [7, 11) is 0. The number of rotatable bonds is 6. The summed E-state index contributed by atoms with van der Waals surface area (Å²) in [5.74, 6) is 1.83. The summed E-state index contributed by atoms with van der Waals surface area (Å²) >= 11 is 0. The molecule has 0 N–H and O–H groups in total. The topological polar surface area (TPSA) is 51.4 Å². The van der Waals surface area contributed by atoms with E-state index in [0.29, 0.717) is 30.5 Å². The smallest absolute Gasteiger partial charge is 0.252 e. The first-order valence-corrected chi connectivity index (χ1v) is 9.07. The molecule has 4 rings (SSSR count). The van der Waals surface area contributed by atoms with Gasteiger partial charge in [0.05, 0.1) is 0 Å². The standard InChI is InChI=1S/C19H25N3O2/c1-2-11-23-13-18-20-19(21-24-18)15-12-17(14-7-4-3-5-8-14)22-10-6-9-16(15)22/h3-5,7-8,15-17H,2,6,9-13H2,1H3/t15-,16+,17-/m0/s1. The molecule has 0 amide bonds. The Morgan fingerprint density at radius 1 is 1.29 bits per heavy atom. The minimum absolute atomic E-state index is 0.362. The number of hydrogen-bond donors (Lipinski definition) is 0. The molecule has 128 valence electrons. The van der Waals surface area contributed by atoms with Crippen LogP contribution in [-0.2, 0) is 11.3 Å². The summed E-state index contributed by atoms with van der Waals surface area (Å²) in [5.41, 5.74) is 1.40. The van der Waals surface area contributed by atoms with Gasteiger partial charge >= 0.3 is 0 Å². The van der Waals surface area contributed by atoms with E-state index in [1.165, 1.54) is 24.9 Å². The highest BCUT2D eigenvalue weighted by Gasteiger charge is 2.46. The maximum atomic E-state index is 5.52. The SMILES string of the molecule is CCCOCc1nc([C@H]2C[C@@H](c3ccccc3)N3CCC[C@H]23)no1. The fraction of sp³-hybridized carbons (Fsp3) is 0.579. The van der Waals surface area contributed by atoms with Crippen molar-refractivity contribution >= 4 is 0 Å². The number of ether oxygens (including phenoxy) is 1. The van der Waals surface area contributed by atoms with E-state index in [1.807, 2.05) is 0 Å². The molecule has 2 aliphatic rings. The van der Waals surface area contributed by atoms with Crippen LogP contribution in [0.25, 0.3) is 0 Å². The lowest BCUT2D eigenvalue weighted by Crippen LogP contribution is -2.27. The van der Waals surface area contributed by atoms with Crippen LogP contribution in [0.3, 0.4) is 0 Å². The molecular weight excluding hydrogens is 302 g/mol. The molecular formula is C19H25N3O2. The van der Waals surface area contributed by atoms with Crippen molar-refractivity contribution in [1.29, 1.82) is 0 Å². The Morgan fingerprint density at radius 3 is 3.00 bits per heavy atom. The van der Waals surface area contributed by atoms with E-state index in [2.05, 4.69) is 52.3 Å². The van der Waals surface area contributed by atoms with Crippen LogP contribution in [-0.4, -0.2) is 34.2 Å². The van der Waals surface area contributed by atoms with Gasteiger partial charge in [-0.05, 0) is 37.8 Å². The molecule has 2 aromatic rings. The van der Waals surface area contributed by atoms with Crippen LogP contribution in [0.15, 0.2) is 34.9 Å². The molecule has 2 fully saturated rings. The second-order valence-electron chi connectivity index (χ2n) is 6.81. The third-order valence-corrected chi connectivity index (χ3v) is 5.26. The van der Waals surface area contributed by atoms with E-state index >= 15 is 0 Å². The molecule has 2 saturated heterocycles. The van der Waals surface area contributed by atoms with Crippen LogP contribution in [0.4, 0.5) is 0 Å². The van der Waals surface area contributed by atoms with Crippen LogP contribution >= 0.6 is 0 Å². The van der Waals surface area contributed by atoms with Crippen molar-refractivity contribution in [2.24, 2.45) is 0 Å². The van der Waals surface area contributed by atoms with Crippen LogP contribution in [0.5, 0.6) is 0 Å². The van der Waals surface area contributed by atoms with Gasteiger partial charge in [0.15, 0.2) is 5.82 Å². The number of hydrogen-bond acceptors (Lipinski definition) is 5. The second-order valence-corrected chi connectivity index (χ2v) is 6.81. The first-order chi connectivity index (χ1) is 11.9.